The van der Waals surface area contributed by atoms with Gasteiger partial charge in [0.25, 0.3) is 0 Å². The van der Waals surface area contributed by atoms with E-state index >= 15 is 0 Å². The highest BCUT2D eigenvalue weighted by molar-refractivity contribution is 5.85. The number of benzene rings is 1. The van der Waals surface area contributed by atoms with Gasteiger partial charge in [-0.3, -0.25) is 9.48 Å². The van der Waals surface area contributed by atoms with E-state index < -0.39 is 17.6 Å². The molecule has 1 saturated carbocycles. The third-order valence-electron chi connectivity index (χ3n) is 7.70. The molecule has 3 heterocycles. The number of hydrogen-bond donors (Lipinski definition) is 1. The van der Waals surface area contributed by atoms with E-state index in [-0.39, 0.29) is 35.8 Å². The van der Waals surface area contributed by atoms with Gasteiger partial charge in [0.05, 0.1) is 24.2 Å². The summed E-state index contributed by atoms with van der Waals surface area (Å²) in [7, 11) is 0. The summed E-state index contributed by atoms with van der Waals surface area (Å²) in [5, 5.41) is 17.3. The molecule has 1 aliphatic carbocycles. The van der Waals surface area contributed by atoms with Gasteiger partial charge in [0.2, 0.25) is 0 Å². The second-order valence-corrected chi connectivity index (χ2v) is 10.0. The van der Waals surface area contributed by atoms with Crippen molar-refractivity contribution in [2.75, 3.05) is 13.2 Å². The summed E-state index contributed by atoms with van der Waals surface area (Å²) in [4.78, 5) is 12.7. The molecule has 0 radical (unpaired) electrons. The van der Waals surface area contributed by atoms with Gasteiger partial charge in [-0.15, -0.1) is 0 Å². The van der Waals surface area contributed by atoms with Crippen LogP contribution in [0.15, 0.2) is 24.5 Å². The van der Waals surface area contributed by atoms with Crippen LogP contribution in [0.4, 0.5) is 8.78 Å². The van der Waals surface area contributed by atoms with Crippen LogP contribution >= 0.6 is 0 Å². The molecule has 2 aromatic rings. The normalized spacial score (nSPS) is 25.4. The molecule has 1 aromatic carbocycles. The van der Waals surface area contributed by atoms with Crippen molar-refractivity contribution in [2.24, 2.45) is 17.8 Å². The minimum absolute atomic E-state index is 0.00759. The van der Waals surface area contributed by atoms with E-state index in [1.807, 2.05) is 0 Å². The maximum absolute atomic E-state index is 15.0. The molecular formula is C26H30F2N4O2. The molecule has 180 valence electrons. The number of rotatable bonds is 8. The molecular weight excluding hydrogens is 438 g/mol. The molecule has 8 heteroatoms. The highest BCUT2D eigenvalue weighted by Gasteiger charge is 2.42. The monoisotopic (exact) mass is 468 g/mol. The molecule has 2 aliphatic heterocycles. The summed E-state index contributed by atoms with van der Waals surface area (Å²) >= 11 is 0. The molecule has 0 amide bonds. The van der Waals surface area contributed by atoms with Crippen molar-refractivity contribution in [3.63, 3.8) is 0 Å². The van der Waals surface area contributed by atoms with Crippen LogP contribution in [0.3, 0.4) is 0 Å². The quantitative estimate of drug-likeness (QED) is 0.633. The largest absolute Gasteiger partial charge is 0.381 e. The van der Waals surface area contributed by atoms with E-state index in [9.17, 15) is 18.8 Å². The second kappa shape index (κ2) is 9.93. The lowest BCUT2D eigenvalue weighted by atomic mass is 9.88. The van der Waals surface area contributed by atoms with E-state index in [1.165, 1.54) is 12.1 Å². The standard InChI is InChI=1S/C26H30F2N4O2/c27-24-18(9-17(12-29)10-23(33)26-19-1-3-21(11-19)31-26)2-4-22(25(24)28)20-13-30-32(15-20)14-16-5-7-34-8-6-16/h2,4,13,15-17,19,21,26,31H,1,3,5-11,14H2/t17-,19+,21-,26+/m1/s1. The lowest BCUT2D eigenvalue weighted by molar-refractivity contribution is -0.122. The summed E-state index contributed by atoms with van der Waals surface area (Å²) in [5.74, 6) is -1.77. The first kappa shape index (κ1) is 23.1. The van der Waals surface area contributed by atoms with Crippen molar-refractivity contribution in [1.29, 1.82) is 5.26 Å². The Labute approximate surface area is 198 Å². The molecule has 3 fully saturated rings. The van der Waals surface area contributed by atoms with Crippen LogP contribution in [-0.4, -0.2) is 40.9 Å². The average molecular weight is 469 g/mol. The number of aromatic nitrogens is 2. The highest BCUT2D eigenvalue weighted by Crippen LogP contribution is 2.36. The maximum atomic E-state index is 15.0. The van der Waals surface area contributed by atoms with Gasteiger partial charge in [-0.25, -0.2) is 8.78 Å². The van der Waals surface area contributed by atoms with Crippen LogP contribution < -0.4 is 5.32 Å². The Morgan fingerprint density at radius 3 is 2.76 bits per heavy atom. The smallest absolute Gasteiger partial charge is 0.167 e. The third kappa shape index (κ3) is 4.77. The van der Waals surface area contributed by atoms with Crippen LogP contribution in [0, 0.1) is 40.7 Å². The fourth-order valence-corrected chi connectivity index (χ4v) is 5.78. The lowest BCUT2D eigenvalue weighted by Crippen LogP contribution is -2.42. The number of halogens is 2. The number of carbonyl (C=O) groups excluding carboxylic acids is 1. The summed E-state index contributed by atoms with van der Waals surface area (Å²) < 4.78 is 37.1. The zero-order valence-corrected chi connectivity index (χ0v) is 19.2. The molecule has 3 aliphatic rings. The number of nitriles is 1. The first-order chi connectivity index (χ1) is 16.5. The molecule has 6 nitrogen and oxygen atoms in total. The van der Waals surface area contributed by atoms with Gasteiger partial charge in [-0.05, 0) is 55.9 Å². The van der Waals surface area contributed by atoms with E-state index in [4.69, 9.17) is 4.74 Å². The number of hydrogen-bond acceptors (Lipinski definition) is 5. The van der Waals surface area contributed by atoms with E-state index in [0.29, 0.717) is 23.4 Å². The number of ketones is 1. The first-order valence-electron chi connectivity index (χ1n) is 12.3. The van der Waals surface area contributed by atoms with Crippen molar-refractivity contribution >= 4 is 5.78 Å². The van der Waals surface area contributed by atoms with Crippen LogP contribution in [0.25, 0.3) is 11.1 Å². The highest BCUT2D eigenvalue weighted by atomic mass is 19.2. The Morgan fingerprint density at radius 2 is 2.06 bits per heavy atom. The molecule has 34 heavy (non-hydrogen) atoms. The maximum Gasteiger partial charge on any atom is 0.167 e. The Hall–Kier alpha value is -2.63. The van der Waals surface area contributed by atoms with Crippen molar-refractivity contribution < 1.29 is 18.3 Å². The van der Waals surface area contributed by atoms with Crippen molar-refractivity contribution in [3.05, 3.63) is 41.7 Å². The van der Waals surface area contributed by atoms with Crippen molar-refractivity contribution in [1.82, 2.24) is 15.1 Å². The van der Waals surface area contributed by atoms with Crippen molar-refractivity contribution in [3.8, 4) is 17.2 Å². The Morgan fingerprint density at radius 1 is 1.24 bits per heavy atom. The number of nitrogens with zero attached hydrogens (tertiary/aromatic N) is 3. The molecule has 1 aromatic heterocycles. The molecule has 2 bridgehead atoms. The topological polar surface area (TPSA) is 79.9 Å². The predicted molar refractivity (Wildman–Crippen MR) is 122 cm³/mol. The summed E-state index contributed by atoms with van der Waals surface area (Å²) in [6.45, 7) is 2.21. The van der Waals surface area contributed by atoms with Crippen LogP contribution in [0.2, 0.25) is 0 Å². The van der Waals surface area contributed by atoms with E-state index in [1.54, 1.807) is 17.1 Å². The zero-order valence-electron chi connectivity index (χ0n) is 19.2. The Balaban J connectivity index is 1.24. The summed E-state index contributed by atoms with van der Waals surface area (Å²) in [5.41, 5.74) is 0.788. The van der Waals surface area contributed by atoms with Gasteiger partial charge in [0.1, 0.15) is 0 Å². The number of piperidine rings is 1. The van der Waals surface area contributed by atoms with Crippen molar-refractivity contribution in [2.45, 2.75) is 63.6 Å². The molecule has 2 saturated heterocycles. The van der Waals surface area contributed by atoms with Crippen LogP contribution in [0.1, 0.15) is 44.1 Å². The number of carbonyl (C=O) groups is 1. The summed E-state index contributed by atoms with van der Waals surface area (Å²) in [6.07, 6.45) is 8.44. The minimum Gasteiger partial charge on any atom is -0.381 e. The van der Waals surface area contributed by atoms with Gasteiger partial charge in [-0.2, -0.15) is 10.4 Å². The number of ether oxygens (including phenoxy) is 1. The first-order valence-corrected chi connectivity index (χ1v) is 12.3. The van der Waals surface area contributed by atoms with Gasteiger partial charge >= 0.3 is 0 Å². The molecule has 5 rings (SSSR count). The van der Waals surface area contributed by atoms with Gasteiger partial charge in [0, 0.05) is 49.5 Å². The van der Waals surface area contributed by atoms with E-state index in [0.717, 1.165) is 51.9 Å². The predicted octanol–water partition coefficient (Wildman–Crippen LogP) is 4.04. The van der Waals surface area contributed by atoms with E-state index in [2.05, 4.69) is 16.5 Å². The van der Waals surface area contributed by atoms with Crippen LogP contribution in [-0.2, 0) is 22.5 Å². The molecule has 4 atom stereocenters. The number of fused-ring (bicyclic) bond motifs is 2. The van der Waals surface area contributed by atoms with Gasteiger partial charge in [-0.1, -0.05) is 12.1 Å². The fourth-order valence-electron chi connectivity index (χ4n) is 5.78. The fraction of sp³-hybridized carbons (Fsp3) is 0.577. The molecule has 1 N–H and O–H groups in total. The minimum atomic E-state index is -0.958. The second-order valence-electron chi connectivity index (χ2n) is 10.0. The average Bonchev–Trinajstić information content (AvgIpc) is 3.60. The zero-order chi connectivity index (χ0) is 23.7. The number of nitrogens with one attached hydrogen (secondary N) is 1. The Kier molecular flexibility index (Phi) is 6.75. The molecule has 0 unspecified atom stereocenters. The van der Waals surface area contributed by atoms with Gasteiger partial charge < -0.3 is 10.1 Å². The Bertz CT molecular complexity index is 1090. The third-order valence-corrected chi connectivity index (χ3v) is 7.70. The summed E-state index contributed by atoms with van der Waals surface area (Å²) in [6, 6.07) is 5.39. The molecule has 0 spiro atoms. The lowest BCUT2D eigenvalue weighted by Gasteiger charge is -2.22. The SMILES string of the molecule is N#C[C@@H](CC(=O)[C@H]1N[C@@H]2CC[C@H]1C2)Cc1ccc(-c2cnn(CC3CCOCC3)c2)c(F)c1F. The van der Waals surface area contributed by atoms with Gasteiger partial charge in [0.15, 0.2) is 17.4 Å². The van der Waals surface area contributed by atoms with Crippen LogP contribution in [0.5, 0.6) is 0 Å². The number of Topliss-reactive ketones (excluding diaryl/α,β-unsaturated/α-hetero) is 1.